The maximum Gasteiger partial charge on any atom is 0.219 e. The fourth-order valence-corrected chi connectivity index (χ4v) is 2.90. The number of rotatable bonds is 3. The van der Waals surface area contributed by atoms with E-state index in [2.05, 4.69) is 10.1 Å². The molecule has 6 heteroatoms. The number of aliphatic imine (C=N–C) groups is 1. The van der Waals surface area contributed by atoms with Crippen LogP contribution in [0.1, 0.15) is 25.5 Å². The Morgan fingerprint density at radius 3 is 3.14 bits per heavy atom. The summed E-state index contributed by atoms with van der Waals surface area (Å²) in [6.07, 6.45) is 8.77. The van der Waals surface area contributed by atoms with Gasteiger partial charge in [-0.3, -0.25) is 14.5 Å². The third-order valence-corrected chi connectivity index (χ3v) is 4.00. The Labute approximate surface area is 128 Å². The first-order valence-corrected chi connectivity index (χ1v) is 7.51. The zero-order valence-corrected chi connectivity index (χ0v) is 12.5. The highest BCUT2D eigenvalue weighted by Crippen LogP contribution is 2.19. The molecule has 22 heavy (non-hydrogen) atoms. The molecular weight excluding hydrogens is 283 g/mol. The summed E-state index contributed by atoms with van der Waals surface area (Å²) in [4.78, 5) is 17.7. The van der Waals surface area contributed by atoms with Gasteiger partial charge in [0.25, 0.3) is 0 Å². The van der Waals surface area contributed by atoms with Crippen molar-refractivity contribution in [1.82, 2.24) is 14.7 Å². The molecule has 2 aliphatic heterocycles. The summed E-state index contributed by atoms with van der Waals surface area (Å²) in [5.74, 6) is 0.116. The number of nitrogens with zero attached hydrogens (tertiary/aromatic N) is 4. The molecule has 2 atom stereocenters. The van der Waals surface area contributed by atoms with E-state index in [0.717, 1.165) is 19.4 Å². The predicted molar refractivity (Wildman–Crippen MR) is 82.3 cm³/mol. The lowest BCUT2D eigenvalue weighted by molar-refractivity contribution is -0.129. The van der Waals surface area contributed by atoms with Crippen LogP contribution in [0.5, 0.6) is 0 Å². The van der Waals surface area contributed by atoms with Gasteiger partial charge in [-0.2, -0.15) is 5.10 Å². The van der Waals surface area contributed by atoms with Crippen molar-refractivity contribution in [3.8, 4) is 0 Å². The third-order valence-electron chi connectivity index (χ3n) is 4.00. The van der Waals surface area contributed by atoms with Crippen molar-refractivity contribution >= 4 is 11.6 Å². The molecular formula is C16H19FN4O. The molecule has 3 rings (SSSR count). The van der Waals surface area contributed by atoms with Crippen molar-refractivity contribution in [3.05, 3.63) is 42.4 Å². The van der Waals surface area contributed by atoms with E-state index < -0.39 is 6.17 Å². The van der Waals surface area contributed by atoms with E-state index in [9.17, 15) is 9.18 Å². The maximum atomic E-state index is 13.2. The minimum Gasteiger partial charge on any atom is -0.338 e. The second kappa shape index (κ2) is 6.25. The molecule has 2 aliphatic rings. The molecule has 0 spiro atoms. The molecule has 0 saturated carbocycles. The summed E-state index contributed by atoms with van der Waals surface area (Å²) in [5, 5.41) is 4.50. The van der Waals surface area contributed by atoms with Crippen LogP contribution in [-0.4, -0.2) is 45.1 Å². The molecule has 0 radical (unpaired) electrons. The fraction of sp³-hybridized carbons (Fsp3) is 0.438. The lowest BCUT2D eigenvalue weighted by atomic mass is 10.2. The van der Waals surface area contributed by atoms with Gasteiger partial charge in [0, 0.05) is 25.9 Å². The number of carbonyl (C=O) groups is 1. The highest BCUT2D eigenvalue weighted by Gasteiger charge is 2.26. The summed E-state index contributed by atoms with van der Waals surface area (Å²) < 4.78 is 15.0. The van der Waals surface area contributed by atoms with Gasteiger partial charge in [0.2, 0.25) is 5.91 Å². The molecule has 0 bridgehead atoms. The molecule has 3 heterocycles. The largest absolute Gasteiger partial charge is 0.338 e. The lowest BCUT2D eigenvalue weighted by Crippen LogP contribution is -2.36. The highest BCUT2D eigenvalue weighted by molar-refractivity contribution is 6.07. The summed E-state index contributed by atoms with van der Waals surface area (Å²) in [7, 11) is 0. The lowest BCUT2D eigenvalue weighted by Gasteiger charge is -2.23. The van der Waals surface area contributed by atoms with Crippen LogP contribution in [0.3, 0.4) is 0 Å². The van der Waals surface area contributed by atoms with Gasteiger partial charge in [0.1, 0.15) is 11.9 Å². The molecule has 5 nitrogen and oxygen atoms in total. The van der Waals surface area contributed by atoms with Crippen LogP contribution >= 0.6 is 0 Å². The van der Waals surface area contributed by atoms with E-state index in [0.29, 0.717) is 18.0 Å². The van der Waals surface area contributed by atoms with Crippen molar-refractivity contribution in [3.63, 3.8) is 0 Å². The van der Waals surface area contributed by atoms with E-state index in [1.165, 1.54) is 18.4 Å². The van der Waals surface area contributed by atoms with Gasteiger partial charge < -0.3 is 4.90 Å². The summed E-state index contributed by atoms with van der Waals surface area (Å²) in [6, 6.07) is 2.06. The summed E-state index contributed by atoms with van der Waals surface area (Å²) >= 11 is 0. The third kappa shape index (κ3) is 3.16. The first-order valence-electron chi connectivity index (χ1n) is 7.51. The van der Waals surface area contributed by atoms with E-state index >= 15 is 0 Å². The van der Waals surface area contributed by atoms with Crippen LogP contribution in [-0.2, 0) is 11.3 Å². The number of amides is 1. The number of alkyl halides is 1. The van der Waals surface area contributed by atoms with E-state index in [-0.39, 0.29) is 11.9 Å². The van der Waals surface area contributed by atoms with Gasteiger partial charge in [0.05, 0.1) is 18.3 Å². The highest BCUT2D eigenvalue weighted by atomic mass is 19.1. The second-order valence-corrected chi connectivity index (χ2v) is 5.59. The molecule has 1 amide bonds. The summed E-state index contributed by atoms with van der Waals surface area (Å²) in [6.45, 7) is 3.11. The monoisotopic (exact) mass is 302 g/mol. The van der Waals surface area contributed by atoms with Crippen LogP contribution in [0.2, 0.25) is 0 Å². The molecule has 116 valence electrons. The second-order valence-electron chi connectivity index (χ2n) is 5.59. The Morgan fingerprint density at radius 2 is 2.32 bits per heavy atom. The Balaban J connectivity index is 1.72. The van der Waals surface area contributed by atoms with Gasteiger partial charge in [0.15, 0.2) is 0 Å². The Morgan fingerprint density at radius 1 is 1.45 bits per heavy atom. The van der Waals surface area contributed by atoms with Crippen molar-refractivity contribution in [2.24, 2.45) is 4.99 Å². The van der Waals surface area contributed by atoms with Crippen molar-refractivity contribution in [2.75, 3.05) is 6.54 Å². The Bertz CT molecular complexity index is 646. The average Bonchev–Trinajstić information content (AvgIpc) is 3.07. The molecule has 1 unspecified atom stereocenters. The standard InChI is InChI=1S/C16H19FN4O/c1-12(22)21-9-2-3-14(21)11-20-10-7-16(19-20)15-5-4-13(17)6-8-18-15/h4-8,10,13-14H,2-3,9,11H2,1H3/t13?,14-/m0/s1. The van der Waals surface area contributed by atoms with Gasteiger partial charge in [-0.15, -0.1) is 0 Å². The topological polar surface area (TPSA) is 50.5 Å². The minimum atomic E-state index is -1.11. The van der Waals surface area contributed by atoms with Crippen molar-refractivity contribution in [1.29, 1.82) is 0 Å². The van der Waals surface area contributed by atoms with Crippen LogP contribution in [0, 0.1) is 0 Å². The van der Waals surface area contributed by atoms with Gasteiger partial charge in [-0.25, -0.2) is 4.39 Å². The maximum absolute atomic E-state index is 13.2. The number of halogens is 1. The molecule has 0 aromatic carbocycles. The number of allylic oxidation sites excluding steroid dienone is 3. The molecule has 1 aromatic heterocycles. The van der Waals surface area contributed by atoms with E-state index in [4.69, 9.17) is 0 Å². The van der Waals surface area contributed by atoms with Crippen LogP contribution < -0.4 is 0 Å². The number of likely N-dealkylation sites (tertiary alicyclic amines) is 1. The SMILES string of the molecule is CC(=O)N1CCC[C@H]1Cn1ccc(C2=NC=CC(F)C=C2)n1. The van der Waals surface area contributed by atoms with E-state index in [1.807, 2.05) is 21.8 Å². The Kier molecular flexibility index (Phi) is 4.18. The molecule has 1 aromatic rings. The first-order chi connectivity index (χ1) is 10.6. The fourth-order valence-electron chi connectivity index (χ4n) is 2.90. The quantitative estimate of drug-likeness (QED) is 0.858. The molecule has 1 fully saturated rings. The van der Waals surface area contributed by atoms with Gasteiger partial charge >= 0.3 is 0 Å². The van der Waals surface area contributed by atoms with Crippen molar-refractivity contribution < 1.29 is 9.18 Å². The first kappa shape index (κ1) is 14.7. The summed E-state index contributed by atoms with van der Waals surface area (Å²) in [5.41, 5.74) is 1.35. The van der Waals surface area contributed by atoms with Crippen LogP contribution in [0.4, 0.5) is 4.39 Å². The average molecular weight is 302 g/mol. The smallest absolute Gasteiger partial charge is 0.219 e. The molecule has 0 aliphatic carbocycles. The molecule has 1 saturated heterocycles. The van der Waals surface area contributed by atoms with Crippen LogP contribution in [0.15, 0.2) is 41.7 Å². The minimum absolute atomic E-state index is 0.116. The van der Waals surface area contributed by atoms with Crippen LogP contribution in [0.25, 0.3) is 0 Å². The van der Waals surface area contributed by atoms with Gasteiger partial charge in [-0.05, 0) is 37.1 Å². The predicted octanol–water partition coefficient (Wildman–Crippen LogP) is 2.10. The normalized spacial score (nSPS) is 24.5. The van der Waals surface area contributed by atoms with E-state index in [1.54, 1.807) is 13.0 Å². The molecule has 0 N–H and O–H groups in total. The zero-order chi connectivity index (χ0) is 15.5. The Hall–Kier alpha value is -2.24. The number of carbonyl (C=O) groups excluding carboxylic acids is 1. The van der Waals surface area contributed by atoms with Crippen molar-refractivity contribution in [2.45, 2.75) is 38.5 Å². The van der Waals surface area contributed by atoms with Gasteiger partial charge in [-0.1, -0.05) is 0 Å². The zero-order valence-electron chi connectivity index (χ0n) is 12.5. The number of hydrogen-bond donors (Lipinski definition) is 0. The number of hydrogen-bond acceptors (Lipinski definition) is 3. The number of aromatic nitrogens is 2.